The fourth-order valence-electron chi connectivity index (χ4n) is 0. The van der Waals surface area contributed by atoms with Crippen LogP contribution in [-0.2, 0) is 0 Å². The minimum atomic E-state index is 0. The van der Waals surface area contributed by atoms with E-state index in [-0.39, 0.29) is 176 Å². The van der Waals surface area contributed by atoms with Crippen LogP contribution in [0.5, 0.6) is 0 Å². The summed E-state index contributed by atoms with van der Waals surface area (Å²) in [6.07, 6.45) is 0. The Morgan fingerprint density at radius 3 is 0.600 bits per heavy atom. The maximum atomic E-state index is 0. The molecule has 0 spiro atoms. The fraction of sp³-hybridized carbons (Fsp3) is 0. The standard InChI is InChI=1S/Cs.2HI.2Na/h;2*1H;;/q+1;;;2*+1/p-2. The van der Waals surface area contributed by atoms with Gasteiger partial charge in [0.2, 0.25) is 0 Å². The zero-order valence-electron chi connectivity index (χ0n) is 3.76. The molecule has 0 aromatic carbocycles. The van der Waals surface area contributed by atoms with Crippen LogP contribution < -0.4 is 176 Å². The molecule has 0 unspecified atom stereocenters. The van der Waals surface area contributed by atoms with Crippen LogP contribution in [0.25, 0.3) is 0 Å². The van der Waals surface area contributed by atoms with Gasteiger partial charge in [-0.1, -0.05) is 0 Å². The van der Waals surface area contributed by atoms with E-state index in [1.54, 1.807) is 0 Å². The van der Waals surface area contributed by atoms with E-state index in [2.05, 4.69) is 0 Å². The molecule has 0 aromatic heterocycles. The smallest absolute Gasteiger partial charge is 1.00 e. The number of hydrogen-bond donors (Lipinski definition) is 0. The molecule has 0 amide bonds. The molecule has 5 heavy (non-hydrogen) atoms. The van der Waals surface area contributed by atoms with Crippen LogP contribution in [0, 0.1) is 0 Å². The van der Waals surface area contributed by atoms with Gasteiger partial charge in [0.05, 0.1) is 0 Å². The summed E-state index contributed by atoms with van der Waals surface area (Å²) in [6.45, 7) is 0. The summed E-state index contributed by atoms with van der Waals surface area (Å²) in [5, 5.41) is 0. The first-order valence-corrected chi connectivity index (χ1v) is 0. The van der Waals surface area contributed by atoms with E-state index in [4.69, 9.17) is 0 Å². The largest absolute Gasteiger partial charge is 1.00 e. The van der Waals surface area contributed by atoms with Gasteiger partial charge in [-0.05, 0) is 0 Å². The van der Waals surface area contributed by atoms with E-state index in [9.17, 15) is 0 Å². The summed E-state index contributed by atoms with van der Waals surface area (Å²) in [5.74, 6) is 0. The van der Waals surface area contributed by atoms with Crippen LogP contribution in [-0.4, -0.2) is 0 Å². The van der Waals surface area contributed by atoms with Crippen molar-refractivity contribution in [2.24, 2.45) is 0 Å². The molecule has 0 N–H and O–H groups in total. The molecule has 0 aromatic rings. The Labute approximate surface area is 170 Å². The first kappa shape index (κ1) is 31.3. The van der Waals surface area contributed by atoms with Crippen molar-refractivity contribution < 1.29 is 176 Å². The SMILES string of the molecule is [Cs+].[I-].[I-].[Na+].[Na+]. The van der Waals surface area contributed by atoms with E-state index in [1.807, 2.05) is 0 Å². The summed E-state index contributed by atoms with van der Waals surface area (Å²) >= 11 is 0. The second-order valence-corrected chi connectivity index (χ2v) is 0. The predicted octanol–water partition coefficient (Wildman–Crippen LogP) is -15.0. The van der Waals surface area contributed by atoms with Gasteiger partial charge in [-0.15, -0.1) is 0 Å². The summed E-state index contributed by atoms with van der Waals surface area (Å²) < 4.78 is 0. The second-order valence-electron chi connectivity index (χ2n) is 0. The molecule has 0 atom stereocenters. The van der Waals surface area contributed by atoms with Gasteiger partial charge < -0.3 is 48.0 Å². The van der Waals surface area contributed by atoms with Crippen LogP contribution in [0.4, 0.5) is 0 Å². The van der Waals surface area contributed by atoms with Gasteiger partial charge in [0, 0.05) is 0 Å². The van der Waals surface area contributed by atoms with Gasteiger partial charge in [-0.2, -0.15) is 0 Å². The van der Waals surface area contributed by atoms with Crippen LogP contribution in [0.2, 0.25) is 0 Å². The minimum Gasteiger partial charge on any atom is -1.00 e. The molecule has 0 saturated heterocycles. The minimum absolute atomic E-state index is 0. The van der Waals surface area contributed by atoms with Crippen molar-refractivity contribution in [1.82, 2.24) is 0 Å². The van der Waals surface area contributed by atoms with E-state index in [0.29, 0.717) is 0 Å². The Morgan fingerprint density at radius 1 is 0.600 bits per heavy atom. The monoisotopic (exact) mass is 433 g/mol. The van der Waals surface area contributed by atoms with E-state index in [1.165, 1.54) is 0 Å². The van der Waals surface area contributed by atoms with Crippen molar-refractivity contribution in [3.8, 4) is 0 Å². The first-order valence-electron chi connectivity index (χ1n) is 0. The molecular formula is CsI2Na2+. The van der Waals surface area contributed by atoms with Crippen molar-refractivity contribution in [2.45, 2.75) is 0 Å². The van der Waals surface area contributed by atoms with Gasteiger partial charge >= 0.3 is 128 Å². The van der Waals surface area contributed by atoms with Crippen LogP contribution in [0.1, 0.15) is 0 Å². The first-order chi connectivity index (χ1) is 0. The summed E-state index contributed by atoms with van der Waals surface area (Å²) in [6, 6.07) is 0. The van der Waals surface area contributed by atoms with Crippen molar-refractivity contribution in [3.05, 3.63) is 0 Å². The summed E-state index contributed by atoms with van der Waals surface area (Å²) in [7, 11) is 0. The predicted molar refractivity (Wildman–Crippen MR) is 0 cm³/mol. The average Bonchev–Trinajstić information content (AvgIpc) is 0. The van der Waals surface area contributed by atoms with Crippen LogP contribution >= 0.6 is 0 Å². The van der Waals surface area contributed by atoms with Crippen LogP contribution in [0.3, 0.4) is 0 Å². The number of halogens is 2. The molecule has 0 bridgehead atoms. The second kappa shape index (κ2) is 22.7. The zero-order chi connectivity index (χ0) is 0. The van der Waals surface area contributed by atoms with Crippen molar-refractivity contribution in [2.75, 3.05) is 0 Å². The molecule has 0 rings (SSSR count). The normalized spacial score (nSPS) is 0. The molecule has 0 radical (unpaired) electrons. The zero-order valence-corrected chi connectivity index (χ0v) is 18.4. The Bertz CT molecular complexity index is 7.61. The van der Waals surface area contributed by atoms with Crippen LogP contribution in [0.15, 0.2) is 0 Å². The molecule has 5 heteroatoms. The van der Waals surface area contributed by atoms with E-state index >= 15 is 0 Å². The molecule has 0 nitrogen and oxygen atoms in total. The average molecular weight is 433 g/mol. The molecule has 16 valence electrons. The topological polar surface area (TPSA) is 0 Å². The molecule has 0 saturated carbocycles. The third-order valence-corrected chi connectivity index (χ3v) is 0. The van der Waals surface area contributed by atoms with Crippen molar-refractivity contribution in [3.63, 3.8) is 0 Å². The Kier molecular flexibility index (Phi) is 142. The van der Waals surface area contributed by atoms with Gasteiger partial charge in [0.25, 0.3) is 0 Å². The summed E-state index contributed by atoms with van der Waals surface area (Å²) in [5.41, 5.74) is 0. The van der Waals surface area contributed by atoms with E-state index < -0.39 is 0 Å². The molecule has 0 aliphatic rings. The van der Waals surface area contributed by atoms with Crippen molar-refractivity contribution >= 4 is 0 Å². The third kappa shape index (κ3) is 17.7. The third-order valence-electron chi connectivity index (χ3n) is 0. The molecule has 0 heterocycles. The van der Waals surface area contributed by atoms with E-state index in [0.717, 1.165) is 0 Å². The molecular weight excluding hydrogens is 433 g/mol. The Morgan fingerprint density at radius 2 is 0.600 bits per heavy atom. The quantitative estimate of drug-likeness (QED) is 0.264. The number of rotatable bonds is 0. The van der Waals surface area contributed by atoms with Gasteiger partial charge in [-0.25, -0.2) is 0 Å². The summed E-state index contributed by atoms with van der Waals surface area (Å²) in [4.78, 5) is 0. The maximum Gasteiger partial charge on any atom is 1.00 e. The van der Waals surface area contributed by atoms with Gasteiger partial charge in [-0.3, -0.25) is 0 Å². The number of hydrogen-bond acceptors (Lipinski definition) is 0. The van der Waals surface area contributed by atoms with Gasteiger partial charge in [0.1, 0.15) is 0 Å². The molecule has 0 fully saturated rings. The Balaban J connectivity index is 0. The van der Waals surface area contributed by atoms with Crippen molar-refractivity contribution in [1.29, 1.82) is 0 Å². The molecule has 0 aliphatic heterocycles. The van der Waals surface area contributed by atoms with Gasteiger partial charge in [0.15, 0.2) is 0 Å². The Hall–Kier alpha value is 5.51. The fourth-order valence-corrected chi connectivity index (χ4v) is 0. The maximum absolute atomic E-state index is 0. The molecule has 0 aliphatic carbocycles.